The largest absolute Gasteiger partial charge is 0.416 e. The Balaban J connectivity index is 1.71. The summed E-state index contributed by atoms with van der Waals surface area (Å²) >= 11 is 0. The van der Waals surface area contributed by atoms with Crippen molar-refractivity contribution in [2.75, 3.05) is 18.4 Å². The maximum absolute atomic E-state index is 13.0. The Morgan fingerprint density at radius 3 is 2.74 bits per heavy atom. The number of carbonyl (C=O) groups is 1. The highest BCUT2D eigenvalue weighted by atomic mass is 19.4. The van der Waals surface area contributed by atoms with Crippen molar-refractivity contribution in [2.24, 2.45) is 5.92 Å². The number of aromatic nitrogens is 2. The Morgan fingerprint density at radius 1 is 1.30 bits per heavy atom. The first-order chi connectivity index (χ1) is 12.8. The van der Waals surface area contributed by atoms with Gasteiger partial charge in [-0.05, 0) is 63.4 Å². The molecule has 2 aromatic rings. The third-order valence-corrected chi connectivity index (χ3v) is 4.76. The highest BCUT2D eigenvalue weighted by Gasteiger charge is 2.30. The number of anilines is 1. The lowest BCUT2D eigenvalue weighted by Gasteiger charge is -2.22. The summed E-state index contributed by atoms with van der Waals surface area (Å²) in [6.07, 6.45) is -1.11. The number of nitrogens with zero attached hydrogens (tertiary/aromatic N) is 2. The summed E-state index contributed by atoms with van der Waals surface area (Å²) in [6, 6.07) is 6.56. The van der Waals surface area contributed by atoms with E-state index >= 15 is 0 Å². The first-order valence-electron chi connectivity index (χ1n) is 9.08. The minimum absolute atomic E-state index is 0.151. The van der Waals surface area contributed by atoms with E-state index in [1.165, 1.54) is 16.8 Å². The minimum atomic E-state index is -4.43. The maximum Gasteiger partial charge on any atom is 0.416 e. The predicted molar refractivity (Wildman–Crippen MR) is 96.8 cm³/mol. The minimum Gasteiger partial charge on any atom is -0.317 e. The Labute approximate surface area is 155 Å². The van der Waals surface area contributed by atoms with Gasteiger partial charge in [0.2, 0.25) is 5.91 Å². The van der Waals surface area contributed by atoms with Gasteiger partial charge in [0.25, 0.3) is 0 Å². The SMILES string of the molecule is Cc1cc(NC(=O)CCC2CCNCC2)n(-c2cccc(C(F)(F)F)c2)n1. The molecular formula is C19H23F3N4O. The molecule has 2 heterocycles. The number of alkyl halides is 3. The van der Waals surface area contributed by atoms with Crippen molar-refractivity contribution in [3.05, 3.63) is 41.6 Å². The summed E-state index contributed by atoms with van der Waals surface area (Å²) in [5.41, 5.74) is 0.115. The van der Waals surface area contributed by atoms with Gasteiger partial charge in [-0.3, -0.25) is 4.79 Å². The van der Waals surface area contributed by atoms with Crippen LogP contribution in [0, 0.1) is 12.8 Å². The number of hydrogen-bond donors (Lipinski definition) is 2. The zero-order valence-electron chi connectivity index (χ0n) is 15.1. The van der Waals surface area contributed by atoms with Crippen LogP contribution in [0.25, 0.3) is 5.69 Å². The van der Waals surface area contributed by atoms with E-state index in [1.807, 2.05) is 0 Å². The average Bonchev–Trinajstić information content (AvgIpc) is 3.00. The van der Waals surface area contributed by atoms with Crippen molar-refractivity contribution < 1.29 is 18.0 Å². The molecule has 3 rings (SSSR count). The third kappa shape index (κ3) is 5.09. The van der Waals surface area contributed by atoms with Crippen molar-refractivity contribution in [1.82, 2.24) is 15.1 Å². The first kappa shape index (κ1) is 19.4. The van der Waals surface area contributed by atoms with Crippen molar-refractivity contribution >= 4 is 11.7 Å². The molecule has 0 saturated carbocycles. The molecule has 0 atom stereocenters. The first-order valence-corrected chi connectivity index (χ1v) is 9.08. The van der Waals surface area contributed by atoms with Crippen LogP contribution in [0.15, 0.2) is 30.3 Å². The summed E-state index contributed by atoms with van der Waals surface area (Å²) in [7, 11) is 0. The van der Waals surface area contributed by atoms with Crippen molar-refractivity contribution in [3.8, 4) is 5.69 Å². The van der Waals surface area contributed by atoms with Crippen molar-refractivity contribution in [2.45, 2.75) is 38.8 Å². The summed E-state index contributed by atoms with van der Waals surface area (Å²) in [5, 5.41) is 10.3. The smallest absolute Gasteiger partial charge is 0.317 e. The number of amides is 1. The maximum atomic E-state index is 13.0. The molecule has 1 aliphatic heterocycles. The molecule has 0 aliphatic carbocycles. The molecule has 1 aromatic heterocycles. The van der Waals surface area contributed by atoms with Gasteiger partial charge >= 0.3 is 6.18 Å². The van der Waals surface area contributed by atoms with Gasteiger partial charge in [0.05, 0.1) is 16.9 Å². The fourth-order valence-corrected chi connectivity index (χ4v) is 3.31. The number of rotatable bonds is 5. The number of piperidine rings is 1. The van der Waals surface area contributed by atoms with Crippen LogP contribution in [-0.2, 0) is 11.0 Å². The van der Waals surface area contributed by atoms with Crippen molar-refractivity contribution in [1.29, 1.82) is 0 Å². The van der Waals surface area contributed by atoms with Crippen LogP contribution >= 0.6 is 0 Å². The van der Waals surface area contributed by atoms with Gasteiger partial charge < -0.3 is 10.6 Å². The third-order valence-electron chi connectivity index (χ3n) is 4.76. The van der Waals surface area contributed by atoms with E-state index in [2.05, 4.69) is 15.7 Å². The zero-order chi connectivity index (χ0) is 19.4. The Morgan fingerprint density at radius 2 is 2.04 bits per heavy atom. The number of benzene rings is 1. The van der Waals surface area contributed by atoms with Crippen LogP contribution < -0.4 is 10.6 Å². The van der Waals surface area contributed by atoms with E-state index in [4.69, 9.17) is 0 Å². The van der Waals surface area contributed by atoms with Gasteiger partial charge in [0, 0.05) is 12.5 Å². The van der Waals surface area contributed by atoms with Crippen LogP contribution in [-0.4, -0.2) is 28.8 Å². The van der Waals surface area contributed by atoms with Gasteiger partial charge in [0.15, 0.2) is 0 Å². The predicted octanol–water partition coefficient (Wildman–Crippen LogP) is 3.92. The van der Waals surface area contributed by atoms with E-state index in [-0.39, 0.29) is 11.6 Å². The number of halogens is 3. The van der Waals surface area contributed by atoms with Gasteiger partial charge in [0.1, 0.15) is 5.82 Å². The molecule has 2 N–H and O–H groups in total. The summed E-state index contributed by atoms with van der Waals surface area (Å²) in [4.78, 5) is 12.3. The molecule has 0 bridgehead atoms. The second-order valence-corrected chi connectivity index (χ2v) is 6.91. The normalized spacial score (nSPS) is 15.7. The molecule has 0 radical (unpaired) electrons. The summed E-state index contributed by atoms with van der Waals surface area (Å²) in [6.45, 7) is 3.69. The van der Waals surface area contributed by atoms with E-state index < -0.39 is 11.7 Å². The second kappa shape index (κ2) is 8.12. The van der Waals surface area contributed by atoms with Gasteiger partial charge in [-0.15, -0.1) is 0 Å². The lowest BCUT2D eigenvalue weighted by atomic mass is 9.93. The molecular weight excluding hydrogens is 357 g/mol. The quantitative estimate of drug-likeness (QED) is 0.827. The molecule has 146 valence electrons. The van der Waals surface area contributed by atoms with Crippen LogP contribution in [0.3, 0.4) is 0 Å². The molecule has 8 heteroatoms. The second-order valence-electron chi connectivity index (χ2n) is 6.91. The molecule has 1 saturated heterocycles. The van der Waals surface area contributed by atoms with Crippen LogP contribution in [0.4, 0.5) is 19.0 Å². The average molecular weight is 380 g/mol. The lowest BCUT2D eigenvalue weighted by Crippen LogP contribution is -2.28. The number of carbonyl (C=O) groups excluding carboxylic acids is 1. The Hall–Kier alpha value is -2.35. The van der Waals surface area contributed by atoms with Crippen molar-refractivity contribution in [3.63, 3.8) is 0 Å². The molecule has 0 unspecified atom stereocenters. The molecule has 1 aliphatic rings. The fourth-order valence-electron chi connectivity index (χ4n) is 3.31. The van der Waals surface area contributed by atoms with E-state index in [0.29, 0.717) is 23.9 Å². The lowest BCUT2D eigenvalue weighted by molar-refractivity contribution is -0.137. The molecule has 0 spiro atoms. The summed E-state index contributed by atoms with van der Waals surface area (Å²) < 4.78 is 40.3. The van der Waals surface area contributed by atoms with Gasteiger partial charge in [-0.25, -0.2) is 4.68 Å². The van der Waals surface area contributed by atoms with E-state index in [0.717, 1.165) is 44.5 Å². The fraction of sp³-hybridized carbons (Fsp3) is 0.474. The van der Waals surface area contributed by atoms with E-state index in [9.17, 15) is 18.0 Å². The monoisotopic (exact) mass is 380 g/mol. The number of hydrogen-bond acceptors (Lipinski definition) is 3. The molecule has 1 fully saturated rings. The Bertz CT molecular complexity index is 794. The summed E-state index contributed by atoms with van der Waals surface area (Å²) in [5.74, 6) is 0.760. The molecule has 1 aromatic carbocycles. The zero-order valence-corrected chi connectivity index (χ0v) is 15.1. The molecule has 5 nitrogen and oxygen atoms in total. The van der Waals surface area contributed by atoms with Crippen LogP contribution in [0.2, 0.25) is 0 Å². The molecule has 27 heavy (non-hydrogen) atoms. The highest BCUT2D eigenvalue weighted by molar-refractivity contribution is 5.90. The topological polar surface area (TPSA) is 59.0 Å². The Kier molecular flexibility index (Phi) is 5.84. The van der Waals surface area contributed by atoms with Gasteiger partial charge in [-0.1, -0.05) is 6.07 Å². The number of nitrogens with one attached hydrogen (secondary N) is 2. The van der Waals surface area contributed by atoms with Crippen LogP contribution in [0.1, 0.15) is 36.9 Å². The van der Waals surface area contributed by atoms with Gasteiger partial charge in [-0.2, -0.15) is 18.3 Å². The highest BCUT2D eigenvalue weighted by Crippen LogP contribution is 2.31. The van der Waals surface area contributed by atoms with E-state index in [1.54, 1.807) is 13.0 Å². The molecule has 1 amide bonds. The standard InChI is InChI=1S/C19H23F3N4O/c1-13-11-17(24-18(27)6-5-14-7-9-23-10-8-14)26(25-13)16-4-2-3-15(12-16)19(20,21)22/h2-4,11-12,14,23H,5-10H2,1H3,(H,24,27). The number of aryl methyl sites for hydroxylation is 1. The van der Waals surface area contributed by atoms with Crippen LogP contribution in [0.5, 0.6) is 0 Å².